The van der Waals surface area contributed by atoms with Crippen LogP contribution in [0.4, 0.5) is 8.78 Å². The molecule has 86 valence electrons. The molecule has 16 heavy (non-hydrogen) atoms. The third-order valence-corrected chi connectivity index (χ3v) is 3.16. The van der Waals surface area contributed by atoms with Crippen LogP contribution < -0.4 is 0 Å². The average Bonchev–Trinajstić information content (AvgIpc) is 2.19. The zero-order valence-corrected chi connectivity index (χ0v) is 9.01. The fraction of sp³-hybridized carbons (Fsp3) is 0.462. The first-order valence-corrected chi connectivity index (χ1v) is 5.61. The molecule has 0 radical (unpaired) electrons. The van der Waals surface area contributed by atoms with Crippen LogP contribution in [0, 0.1) is 17.6 Å². The molecule has 1 aromatic carbocycles. The molecule has 0 atom stereocenters. The SMILES string of the molecule is O=C(Cc1cccc(F)c1F)CC1CCC1. The smallest absolute Gasteiger partial charge is 0.162 e. The lowest BCUT2D eigenvalue weighted by molar-refractivity contribution is -0.119. The summed E-state index contributed by atoms with van der Waals surface area (Å²) in [7, 11) is 0. The molecule has 0 aromatic heterocycles. The van der Waals surface area contributed by atoms with E-state index in [4.69, 9.17) is 0 Å². The van der Waals surface area contributed by atoms with E-state index in [2.05, 4.69) is 0 Å². The van der Waals surface area contributed by atoms with Crippen molar-refractivity contribution < 1.29 is 13.6 Å². The number of hydrogen-bond acceptors (Lipinski definition) is 1. The molecule has 0 unspecified atom stereocenters. The Kier molecular flexibility index (Phi) is 3.32. The van der Waals surface area contributed by atoms with E-state index in [1.54, 1.807) is 0 Å². The fourth-order valence-electron chi connectivity index (χ4n) is 1.99. The number of hydrogen-bond donors (Lipinski definition) is 0. The van der Waals surface area contributed by atoms with E-state index in [1.165, 1.54) is 18.6 Å². The molecule has 1 aliphatic rings. The van der Waals surface area contributed by atoms with Crippen LogP contribution in [0.25, 0.3) is 0 Å². The molecule has 0 saturated heterocycles. The van der Waals surface area contributed by atoms with Crippen LogP contribution in [0.3, 0.4) is 0 Å². The molecule has 0 N–H and O–H groups in total. The Morgan fingerprint density at radius 1 is 1.31 bits per heavy atom. The lowest BCUT2D eigenvalue weighted by Gasteiger charge is -2.24. The fourth-order valence-corrected chi connectivity index (χ4v) is 1.99. The van der Waals surface area contributed by atoms with Crippen molar-refractivity contribution in [3.05, 3.63) is 35.4 Å². The largest absolute Gasteiger partial charge is 0.299 e. The summed E-state index contributed by atoms with van der Waals surface area (Å²) in [6.07, 6.45) is 3.90. The van der Waals surface area contributed by atoms with Gasteiger partial charge in [0, 0.05) is 12.8 Å². The van der Waals surface area contributed by atoms with Gasteiger partial charge in [0.15, 0.2) is 11.6 Å². The average molecular weight is 224 g/mol. The molecule has 1 aromatic rings. The molecule has 0 amide bonds. The van der Waals surface area contributed by atoms with Crippen LogP contribution in [0.1, 0.15) is 31.2 Å². The summed E-state index contributed by atoms with van der Waals surface area (Å²) in [6, 6.07) is 3.97. The Balaban J connectivity index is 1.97. The maximum atomic E-state index is 13.3. The number of ketones is 1. The number of carbonyl (C=O) groups is 1. The number of Topliss-reactive ketones (excluding diaryl/α,β-unsaturated/α-hetero) is 1. The number of halogens is 2. The first-order chi connectivity index (χ1) is 7.66. The zero-order valence-electron chi connectivity index (χ0n) is 9.01. The minimum absolute atomic E-state index is 0.00852. The van der Waals surface area contributed by atoms with Gasteiger partial charge >= 0.3 is 0 Å². The van der Waals surface area contributed by atoms with Crippen molar-refractivity contribution in [3.8, 4) is 0 Å². The predicted octanol–water partition coefficient (Wildman–Crippen LogP) is 3.27. The minimum atomic E-state index is -0.885. The predicted molar refractivity (Wildman–Crippen MR) is 57.0 cm³/mol. The van der Waals surface area contributed by atoms with Crippen LogP contribution in [0.15, 0.2) is 18.2 Å². The highest BCUT2D eigenvalue weighted by molar-refractivity contribution is 5.81. The lowest BCUT2D eigenvalue weighted by atomic mass is 9.81. The van der Waals surface area contributed by atoms with Crippen LogP contribution in [-0.4, -0.2) is 5.78 Å². The van der Waals surface area contributed by atoms with Crippen molar-refractivity contribution in [2.75, 3.05) is 0 Å². The molecule has 1 saturated carbocycles. The van der Waals surface area contributed by atoms with Gasteiger partial charge in [0.1, 0.15) is 5.78 Å². The summed E-state index contributed by atoms with van der Waals surface area (Å²) in [5.41, 5.74) is 0.171. The van der Waals surface area contributed by atoms with E-state index in [-0.39, 0.29) is 17.8 Å². The number of benzene rings is 1. The van der Waals surface area contributed by atoms with Crippen molar-refractivity contribution in [1.82, 2.24) is 0 Å². The van der Waals surface area contributed by atoms with Gasteiger partial charge in [0.25, 0.3) is 0 Å². The Morgan fingerprint density at radius 3 is 2.69 bits per heavy atom. The van der Waals surface area contributed by atoms with Gasteiger partial charge in [-0.15, -0.1) is 0 Å². The minimum Gasteiger partial charge on any atom is -0.299 e. The van der Waals surface area contributed by atoms with Crippen molar-refractivity contribution in [2.45, 2.75) is 32.1 Å². The summed E-state index contributed by atoms with van der Waals surface area (Å²) >= 11 is 0. The second-order valence-electron chi connectivity index (χ2n) is 4.43. The van der Waals surface area contributed by atoms with Crippen LogP contribution in [0.2, 0.25) is 0 Å². The first kappa shape index (κ1) is 11.2. The lowest BCUT2D eigenvalue weighted by Crippen LogP contribution is -2.17. The van der Waals surface area contributed by atoms with Gasteiger partial charge in [-0.05, 0) is 17.5 Å². The third-order valence-electron chi connectivity index (χ3n) is 3.16. The van der Waals surface area contributed by atoms with Crippen molar-refractivity contribution in [1.29, 1.82) is 0 Å². The Hall–Kier alpha value is -1.25. The third kappa shape index (κ3) is 2.46. The van der Waals surface area contributed by atoms with Crippen LogP contribution >= 0.6 is 0 Å². The van der Waals surface area contributed by atoms with E-state index >= 15 is 0 Å². The van der Waals surface area contributed by atoms with Crippen molar-refractivity contribution in [3.63, 3.8) is 0 Å². The first-order valence-electron chi connectivity index (χ1n) is 5.61. The Labute approximate surface area is 93.5 Å². The van der Waals surface area contributed by atoms with Crippen LogP contribution in [-0.2, 0) is 11.2 Å². The summed E-state index contributed by atoms with van der Waals surface area (Å²) in [6.45, 7) is 0. The topological polar surface area (TPSA) is 17.1 Å². The highest BCUT2D eigenvalue weighted by Gasteiger charge is 2.21. The van der Waals surface area contributed by atoms with Gasteiger partial charge in [-0.2, -0.15) is 0 Å². The van der Waals surface area contributed by atoms with Crippen molar-refractivity contribution in [2.24, 2.45) is 5.92 Å². The monoisotopic (exact) mass is 224 g/mol. The maximum absolute atomic E-state index is 13.3. The van der Waals surface area contributed by atoms with Gasteiger partial charge in [-0.1, -0.05) is 31.4 Å². The van der Waals surface area contributed by atoms with Gasteiger partial charge in [-0.3, -0.25) is 4.79 Å². The highest BCUT2D eigenvalue weighted by Crippen LogP contribution is 2.30. The van der Waals surface area contributed by atoms with Gasteiger partial charge in [-0.25, -0.2) is 8.78 Å². The standard InChI is InChI=1S/C13H14F2O/c14-12-6-2-5-10(13(12)15)8-11(16)7-9-3-1-4-9/h2,5-6,9H,1,3-4,7-8H2. The van der Waals surface area contributed by atoms with E-state index in [0.29, 0.717) is 12.3 Å². The molecule has 2 rings (SSSR count). The molecule has 1 nitrogen and oxygen atoms in total. The zero-order chi connectivity index (χ0) is 11.5. The number of carbonyl (C=O) groups excluding carboxylic acids is 1. The van der Waals surface area contributed by atoms with E-state index in [1.807, 2.05) is 0 Å². The van der Waals surface area contributed by atoms with Crippen molar-refractivity contribution >= 4 is 5.78 Å². The molecule has 0 bridgehead atoms. The number of rotatable bonds is 4. The highest BCUT2D eigenvalue weighted by atomic mass is 19.2. The quantitative estimate of drug-likeness (QED) is 0.767. The van der Waals surface area contributed by atoms with Gasteiger partial charge in [0.05, 0.1) is 0 Å². The molecule has 0 spiro atoms. The normalized spacial score (nSPS) is 15.9. The van der Waals surface area contributed by atoms with Gasteiger partial charge < -0.3 is 0 Å². The second kappa shape index (κ2) is 4.73. The summed E-state index contributed by atoms with van der Waals surface area (Å²) in [5.74, 6) is -1.28. The second-order valence-corrected chi connectivity index (χ2v) is 4.43. The Morgan fingerprint density at radius 2 is 2.06 bits per heavy atom. The van der Waals surface area contributed by atoms with E-state index < -0.39 is 11.6 Å². The molecule has 1 aliphatic carbocycles. The summed E-state index contributed by atoms with van der Waals surface area (Å²) in [5, 5.41) is 0. The summed E-state index contributed by atoms with van der Waals surface area (Å²) < 4.78 is 26.2. The maximum Gasteiger partial charge on any atom is 0.162 e. The molecule has 0 heterocycles. The summed E-state index contributed by atoms with van der Waals surface area (Å²) in [4.78, 5) is 11.6. The molecular formula is C13H14F2O. The Bertz CT molecular complexity index is 397. The van der Waals surface area contributed by atoms with Crippen LogP contribution in [0.5, 0.6) is 0 Å². The molecule has 1 fully saturated rings. The van der Waals surface area contributed by atoms with E-state index in [9.17, 15) is 13.6 Å². The molecule has 0 aliphatic heterocycles. The van der Waals surface area contributed by atoms with Gasteiger partial charge in [0.2, 0.25) is 0 Å². The van der Waals surface area contributed by atoms with E-state index in [0.717, 1.165) is 18.9 Å². The molecule has 3 heteroatoms. The molecular weight excluding hydrogens is 210 g/mol.